The lowest BCUT2D eigenvalue weighted by molar-refractivity contribution is -0.917. The molecule has 3 atom stereocenters. The van der Waals surface area contributed by atoms with Gasteiger partial charge in [0.2, 0.25) is 0 Å². The second-order valence-electron chi connectivity index (χ2n) is 7.07. The van der Waals surface area contributed by atoms with Crippen LogP contribution in [0, 0.1) is 11.8 Å². The van der Waals surface area contributed by atoms with E-state index in [0.29, 0.717) is 6.10 Å². The van der Waals surface area contributed by atoms with Gasteiger partial charge in [0.15, 0.2) is 0 Å². The number of rotatable bonds is 2. The number of ether oxygens (including phenoxy) is 1. The summed E-state index contributed by atoms with van der Waals surface area (Å²) < 4.78 is 7.48. The number of fused-ring (bicyclic) bond motifs is 2. The lowest BCUT2D eigenvalue weighted by atomic mass is 9.76. The molecule has 0 aromatic heterocycles. The van der Waals surface area contributed by atoms with Gasteiger partial charge in [0.25, 0.3) is 0 Å². The highest BCUT2D eigenvalue weighted by molar-refractivity contribution is 5.12. The number of nitrogens with zero attached hydrogens (tertiary/aromatic N) is 1. The molecule has 0 spiro atoms. The highest BCUT2D eigenvalue weighted by Gasteiger charge is 2.39. The predicted molar refractivity (Wildman–Crippen MR) is 74.3 cm³/mol. The van der Waals surface area contributed by atoms with Crippen molar-refractivity contribution in [2.45, 2.75) is 45.1 Å². The summed E-state index contributed by atoms with van der Waals surface area (Å²) in [5, 5.41) is 0. The fourth-order valence-electron chi connectivity index (χ4n) is 4.17. The van der Waals surface area contributed by atoms with Crippen molar-refractivity contribution in [1.82, 2.24) is 0 Å². The Bertz CT molecular complexity index is 330. The summed E-state index contributed by atoms with van der Waals surface area (Å²) in [6.07, 6.45) is 9.85. The zero-order valence-electron chi connectivity index (χ0n) is 12.0. The van der Waals surface area contributed by atoms with Crippen molar-refractivity contribution in [3.05, 3.63) is 11.6 Å². The van der Waals surface area contributed by atoms with Crippen LogP contribution in [-0.2, 0) is 4.74 Å². The van der Waals surface area contributed by atoms with Crippen LogP contribution in [0.4, 0.5) is 0 Å². The molecule has 18 heavy (non-hydrogen) atoms. The van der Waals surface area contributed by atoms with Crippen LogP contribution in [0.1, 0.15) is 39.0 Å². The van der Waals surface area contributed by atoms with Gasteiger partial charge in [-0.3, -0.25) is 0 Å². The van der Waals surface area contributed by atoms with Crippen LogP contribution in [-0.4, -0.2) is 43.9 Å². The van der Waals surface area contributed by atoms with E-state index in [0.717, 1.165) is 18.4 Å². The third kappa shape index (κ3) is 2.50. The molecule has 1 aliphatic carbocycles. The molecule has 0 aromatic carbocycles. The highest BCUT2D eigenvalue weighted by atomic mass is 16.5. The summed E-state index contributed by atoms with van der Waals surface area (Å²) in [6.45, 7) is 7.28. The smallest absolute Gasteiger partial charge is 0.113 e. The fraction of sp³-hybridized carbons (Fsp3) is 0.875. The first-order valence-electron chi connectivity index (χ1n) is 7.78. The number of hydrogen-bond donors (Lipinski definition) is 0. The first kappa shape index (κ1) is 12.7. The molecule has 0 aromatic rings. The van der Waals surface area contributed by atoms with Crippen LogP contribution in [0.15, 0.2) is 11.6 Å². The van der Waals surface area contributed by atoms with Gasteiger partial charge in [0.1, 0.15) is 12.6 Å². The fourth-order valence-corrected chi connectivity index (χ4v) is 4.17. The molecule has 102 valence electrons. The molecule has 2 saturated heterocycles. The molecule has 3 aliphatic rings. The van der Waals surface area contributed by atoms with Crippen molar-refractivity contribution >= 4 is 0 Å². The van der Waals surface area contributed by atoms with Gasteiger partial charge in [-0.05, 0) is 44.9 Å². The van der Waals surface area contributed by atoms with Crippen LogP contribution in [0.5, 0.6) is 0 Å². The zero-order valence-corrected chi connectivity index (χ0v) is 12.0. The number of quaternary nitrogens is 1. The van der Waals surface area contributed by atoms with Gasteiger partial charge < -0.3 is 9.22 Å². The topological polar surface area (TPSA) is 9.23 Å². The van der Waals surface area contributed by atoms with Gasteiger partial charge in [-0.25, -0.2) is 0 Å². The molecule has 2 heterocycles. The van der Waals surface area contributed by atoms with Crippen molar-refractivity contribution in [2.75, 3.05) is 33.3 Å². The third-order valence-corrected chi connectivity index (χ3v) is 5.46. The van der Waals surface area contributed by atoms with Gasteiger partial charge in [0.05, 0.1) is 26.7 Å². The van der Waals surface area contributed by atoms with E-state index in [9.17, 15) is 0 Å². The van der Waals surface area contributed by atoms with E-state index in [1.807, 2.05) is 0 Å². The molecule has 2 fully saturated rings. The molecular weight excluding hydrogens is 222 g/mol. The summed E-state index contributed by atoms with van der Waals surface area (Å²) in [5.41, 5.74) is 1.60. The minimum atomic E-state index is 0.487. The molecule has 0 unspecified atom stereocenters. The standard InChI is InChI=1S/C16H28NO/c1-13-6-7-14-10-15(13)16(18-12-14)11-17(2)8-4-3-5-9-17/h6,14-16H,3-5,7-12H2,1-2H3/q+1/t14-,15-,16-/m1/s1. The molecule has 3 rings (SSSR count). The number of hydrogen-bond acceptors (Lipinski definition) is 1. The molecular formula is C16H28NO+. The summed E-state index contributed by atoms with van der Waals surface area (Å²) >= 11 is 0. The normalized spacial score (nSPS) is 39.2. The summed E-state index contributed by atoms with van der Waals surface area (Å²) in [6, 6.07) is 0. The van der Waals surface area contributed by atoms with Crippen LogP contribution in [0.25, 0.3) is 0 Å². The van der Waals surface area contributed by atoms with Gasteiger partial charge in [-0.2, -0.15) is 0 Å². The zero-order chi connectivity index (χ0) is 12.6. The van der Waals surface area contributed by atoms with E-state index < -0.39 is 0 Å². The van der Waals surface area contributed by atoms with E-state index in [1.165, 1.54) is 56.2 Å². The van der Waals surface area contributed by atoms with Crippen molar-refractivity contribution in [1.29, 1.82) is 0 Å². The Morgan fingerprint density at radius 2 is 2.06 bits per heavy atom. The largest absolute Gasteiger partial charge is 0.371 e. The maximum Gasteiger partial charge on any atom is 0.113 e. The van der Waals surface area contributed by atoms with Crippen LogP contribution in [0.2, 0.25) is 0 Å². The Hall–Kier alpha value is -0.340. The average molecular weight is 250 g/mol. The van der Waals surface area contributed by atoms with Crippen LogP contribution < -0.4 is 0 Å². The second-order valence-corrected chi connectivity index (χ2v) is 7.07. The molecule has 0 amide bonds. The Morgan fingerprint density at radius 3 is 2.83 bits per heavy atom. The molecule has 2 nitrogen and oxygen atoms in total. The Labute approximate surface area is 112 Å². The maximum atomic E-state index is 6.23. The number of likely N-dealkylation sites (N-methyl/N-ethyl adjacent to an activating group) is 1. The second kappa shape index (κ2) is 4.97. The van der Waals surface area contributed by atoms with Crippen molar-refractivity contribution in [3.63, 3.8) is 0 Å². The van der Waals surface area contributed by atoms with Gasteiger partial charge in [-0.1, -0.05) is 11.6 Å². The molecule has 2 bridgehead atoms. The third-order valence-electron chi connectivity index (χ3n) is 5.46. The first-order chi connectivity index (χ1) is 8.66. The Morgan fingerprint density at radius 1 is 1.28 bits per heavy atom. The molecule has 2 heteroatoms. The highest BCUT2D eigenvalue weighted by Crippen LogP contribution is 2.38. The van der Waals surface area contributed by atoms with Crippen molar-refractivity contribution < 1.29 is 9.22 Å². The van der Waals surface area contributed by atoms with Gasteiger partial charge in [0, 0.05) is 5.92 Å². The summed E-state index contributed by atoms with van der Waals surface area (Å²) in [7, 11) is 2.44. The van der Waals surface area contributed by atoms with Gasteiger partial charge in [-0.15, -0.1) is 0 Å². The Balaban J connectivity index is 1.68. The number of allylic oxidation sites excluding steroid dienone is 1. The lowest BCUT2D eigenvalue weighted by Gasteiger charge is -2.45. The van der Waals surface area contributed by atoms with Crippen LogP contribution >= 0.6 is 0 Å². The van der Waals surface area contributed by atoms with E-state index in [2.05, 4.69) is 20.0 Å². The van der Waals surface area contributed by atoms with E-state index in [-0.39, 0.29) is 0 Å². The van der Waals surface area contributed by atoms with E-state index in [4.69, 9.17) is 4.74 Å². The maximum absolute atomic E-state index is 6.23. The van der Waals surface area contributed by atoms with Crippen molar-refractivity contribution in [2.24, 2.45) is 11.8 Å². The number of likely N-dealkylation sites (tertiary alicyclic amines) is 1. The molecule has 0 N–H and O–H groups in total. The minimum Gasteiger partial charge on any atom is -0.371 e. The summed E-state index contributed by atoms with van der Waals surface area (Å²) in [5.74, 6) is 1.52. The lowest BCUT2D eigenvalue weighted by Crippen LogP contribution is -2.55. The monoisotopic (exact) mass is 250 g/mol. The predicted octanol–water partition coefficient (Wildman–Crippen LogP) is 2.99. The van der Waals surface area contributed by atoms with Gasteiger partial charge >= 0.3 is 0 Å². The van der Waals surface area contributed by atoms with Crippen LogP contribution in [0.3, 0.4) is 0 Å². The summed E-state index contributed by atoms with van der Waals surface area (Å²) in [4.78, 5) is 0. The quantitative estimate of drug-likeness (QED) is 0.541. The molecule has 2 aliphatic heterocycles. The van der Waals surface area contributed by atoms with E-state index in [1.54, 1.807) is 5.57 Å². The first-order valence-corrected chi connectivity index (χ1v) is 7.78. The van der Waals surface area contributed by atoms with Crippen molar-refractivity contribution in [3.8, 4) is 0 Å². The minimum absolute atomic E-state index is 0.487. The SMILES string of the molecule is CC1=CC[C@H]2CO[C@H](C[N+]3(C)CCCCC3)[C@@H]1C2. The molecule has 0 saturated carbocycles. The van der Waals surface area contributed by atoms with E-state index >= 15 is 0 Å². The molecule has 0 radical (unpaired) electrons. The Kier molecular flexibility index (Phi) is 3.50. The number of piperidine rings is 1. The average Bonchev–Trinajstić information content (AvgIpc) is 2.37.